The van der Waals surface area contributed by atoms with Crippen LogP contribution in [0.2, 0.25) is 10.0 Å². The Morgan fingerprint density at radius 3 is 2.64 bits per heavy atom. The lowest BCUT2D eigenvalue weighted by atomic mass is 10.1. The van der Waals surface area contributed by atoms with Crippen molar-refractivity contribution in [3.05, 3.63) is 68.5 Å². The minimum atomic E-state index is 0.189. The Hall–Kier alpha value is -2.39. The van der Waals surface area contributed by atoms with E-state index in [1.165, 1.54) is 16.9 Å². The Kier molecular flexibility index (Phi) is 5.34. The van der Waals surface area contributed by atoms with Crippen LogP contribution in [0, 0.1) is 18.3 Å². The van der Waals surface area contributed by atoms with Gasteiger partial charge in [-0.25, -0.2) is 4.98 Å². The molecule has 0 saturated heterocycles. The molecule has 1 heterocycles. The molecule has 1 N–H and O–H groups in total. The smallest absolute Gasteiger partial charge is 0.196 e. The number of thiazole rings is 1. The van der Waals surface area contributed by atoms with Gasteiger partial charge >= 0.3 is 0 Å². The molecular weight excluding hydrogens is 375 g/mol. The zero-order valence-corrected chi connectivity index (χ0v) is 15.5. The maximum Gasteiger partial charge on any atom is 0.196 e. The molecule has 0 saturated carbocycles. The fraction of sp³-hybridized carbons (Fsp3) is 0.0556. The molecule has 0 unspecified atom stereocenters. The molecule has 0 spiro atoms. The first-order chi connectivity index (χ1) is 12.1. The van der Waals surface area contributed by atoms with E-state index < -0.39 is 0 Å². The topological polar surface area (TPSA) is 61.1 Å². The highest BCUT2D eigenvalue weighted by atomic mass is 35.5. The van der Waals surface area contributed by atoms with Gasteiger partial charge in [0, 0.05) is 16.0 Å². The summed E-state index contributed by atoms with van der Waals surface area (Å²) >= 11 is 13.3. The van der Waals surface area contributed by atoms with E-state index in [4.69, 9.17) is 23.2 Å². The van der Waals surface area contributed by atoms with E-state index in [-0.39, 0.29) is 5.71 Å². The van der Waals surface area contributed by atoms with Crippen molar-refractivity contribution in [2.24, 2.45) is 5.10 Å². The minimum absolute atomic E-state index is 0.189. The van der Waals surface area contributed by atoms with Crippen LogP contribution in [0.3, 0.4) is 0 Å². The average Bonchev–Trinajstić information content (AvgIpc) is 3.07. The van der Waals surface area contributed by atoms with Gasteiger partial charge in [0.1, 0.15) is 6.07 Å². The summed E-state index contributed by atoms with van der Waals surface area (Å²) in [5.41, 5.74) is 6.54. The van der Waals surface area contributed by atoms with E-state index in [2.05, 4.69) is 21.6 Å². The van der Waals surface area contributed by atoms with Gasteiger partial charge in [-0.15, -0.1) is 11.3 Å². The molecule has 4 nitrogen and oxygen atoms in total. The molecule has 0 aliphatic heterocycles. The highest BCUT2D eigenvalue weighted by molar-refractivity contribution is 7.12. The van der Waals surface area contributed by atoms with E-state index in [1.807, 2.05) is 36.6 Å². The molecule has 0 radical (unpaired) electrons. The number of aromatic nitrogens is 1. The standard InChI is InChI=1S/C18H12Cl2N4S/c1-11-2-4-12(5-3-11)17-10-25-18(22-17)16(9-21)24-23-15-7-6-13(19)8-14(15)20/h2-8,10,23H,1H3. The number of hydrogen-bond donors (Lipinski definition) is 1. The first kappa shape index (κ1) is 17.4. The van der Waals surface area contributed by atoms with Crippen LogP contribution in [0.25, 0.3) is 11.3 Å². The lowest BCUT2D eigenvalue weighted by Gasteiger charge is -2.03. The van der Waals surface area contributed by atoms with E-state index in [0.29, 0.717) is 20.7 Å². The van der Waals surface area contributed by atoms with Crippen molar-refractivity contribution in [2.45, 2.75) is 6.92 Å². The summed E-state index contributed by atoms with van der Waals surface area (Å²) in [6, 6.07) is 15.1. The van der Waals surface area contributed by atoms with Crippen molar-refractivity contribution in [1.29, 1.82) is 5.26 Å². The number of nitrogens with zero attached hydrogens (tertiary/aromatic N) is 3. The third kappa shape index (κ3) is 4.18. The quantitative estimate of drug-likeness (QED) is 0.457. The van der Waals surface area contributed by atoms with Crippen LogP contribution >= 0.6 is 34.5 Å². The number of hydrazone groups is 1. The largest absolute Gasteiger partial charge is 0.276 e. The molecule has 0 fully saturated rings. The SMILES string of the molecule is Cc1ccc(-c2csc(C(C#N)=NNc3ccc(Cl)cc3Cl)n2)cc1. The maximum absolute atomic E-state index is 9.38. The lowest BCUT2D eigenvalue weighted by molar-refractivity contribution is 1.31. The second kappa shape index (κ2) is 7.66. The van der Waals surface area contributed by atoms with Gasteiger partial charge < -0.3 is 0 Å². The number of rotatable bonds is 4. The summed E-state index contributed by atoms with van der Waals surface area (Å²) in [5, 5.41) is 16.9. The zero-order valence-electron chi connectivity index (χ0n) is 13.1. The van der Waals surface area contributed by atoms with Crippen molar-refractivity contribution in [3.8, 4) is 17.3 Å². The van der Waals surface area contributed by atoms with Crippen molar-refractivity contribution >= 4 is 45.9 Å². The zero-order chi connectivity index (χ0) is 17.8. The minimum Gasteiger partial charge on any atom is -0.276 e. The second-order valence-electron chi connectivity index (χ2n) is 5.21. The first-order valence-electron chi connectivity index (χ1n) is 7.28. The number of nitriles is 1. The van der Waals surface area contributed by atoms with Crippen LogP contribution in [0.5, 0.6) is 0 Å². The van der Waals surface area contributed by atoms with Crippen LogP contribution in [-0.2, 0) is 0 Å². The molecule has 2 aromatic carbocycles. The molecule has 0 aliphatic rings. The third-order valence-electron chi connectivity index (χ3n) is 3.38. The fourth-order valence-electron chi connectivity index (χ4n) is 2.06. The number of nitrogens with one attached hydrogen (secondary N) is 1. The number of hydrogen-bond acceptors (Lipinski definition) is 5. The Labute approximate surface area is 159 Å². The van der Waals surface area contributed by atoms with Gasteiger partial charge in [-0.05, 0) is 25.1 Å². The predicted molar refractivity (Wildman–Crippen MR) is 105 cm³/mol. The first-order valence-corrected chi connectivity index (χ1v) is 8.92. The molecule has 25 heavy (non-hydrogen) atoms. The summed E-state index contributed by atoms with van der Waals surface area (Å²) < 4.78 is 0. The predicted octanol–water partition coefficient (Wildman–Crippen LogP) is 5.77. The molecule has 0 aliphatic carbocycles. The summed E-state index contributed by atoms with van der Waals surface area (Å²) in [7, 11) is 0. The van der Waals surface area contributed by atoms with Crippen molar-refractivity contribution in [3.63, 3.8) is 0 Å². The van der Waals surface area contributed by atoms with Crippen LogP contribution in [0.4, 0.5) is 5.69 Å². The van der Waals surface area contributed by atoms with Crippen LogP contribution in [0.1, 0.15) is 10.6 Å². The lowest BCUT2D eigenvalue weighted by Crippen LogP contribution is -2.01. The molecular formula is C18H12Cl2N4S. The van der Waals surface area contributed by atoms with Gasteiger partial charge in [0.15, 0.2) is 10.7 Å². The van der Waals surface area contributed by atoms with E-state index in [1.54, 1.807) is 18.2 Å². The summed E-state index contributed by atoms with van der Waals surface area (Å²) in [6.45, 7) is 2.03. The van der Waals surface area contributed by atoms with Gasteiger partial charge in [0.25, 0.3) is 0 Å². The fourth-order valence-corrected chi connectivity index (χ4v) is 3.27. The normalized spacial score (nSPS) is 11.2. The monoisotopic (exact) mass is 386 g/mol. The third-order valence-corrected chi connectivity index (χ3v) is 4.78. The molecule has 3 aromatic rings. The molecule has 3 rings (SSSR count). The molecule has 0 amide bonds. The van der Waals surface area contributed by atoms with Gasteiger partial charge in [0.2, 0.25) is 0 Å². The van der Waals surface area contributed by atoms with Gasteiger partial charge in [0.05, 0.1) is 16.4 Å². The molecule has 1 aromatic heterocycles. The van der Waals surface area contributed by atoms with Crippen LogP contribution < -0.4 is 5.43 Å². The van der Waals surface area contributed by atoms with Crippen molar-refractivity contribution < 1.29 is 0 Å². The Balaban J connectivity index is 1.84. The molecule has 0 bridgehead atoms. The maximum atomic E-state index is 9.38. The Morgan fingerprint density at radius 2 is 1.96 bits per heavy atom. The number of halogens is 2. The number of anilines is 1. The van der Waals surface area contributed by atoms with Gasteiger partial charge in [-0.1, -0.05) is 53.0 Å². The average molecular weight is 387 g/mol. The van der Waals surface area contributed by atoms with Crippen molar-refractivity contribution in [2.75, 3.05) is 5.43 Å². The van der Waals surface area contributed by atoms with Gasteiger partial charge in [-0.3, -0.25) is 5.43 Å². The Morgan fingerprint density at radius 1 is 1.20 bits per heavy atom. The van der Waals surface area contributed by atoms with E-state index in [9.17, 15) is 5.26 Å². The van der Waals surface area contributed by atoms with E-state index >= 15 is 0 Å². The summed E-state index contributed by atoms with van der Waals surface area (Å²) in [5.74, 6) is 0. The van der Waals surface area contributed by atoms with E-state index in [0.717, 1.165) is 11.3 Å². The van der Waals surface area contributed by atoms with Crippen molar-refractivity contribution in [1.82, 2.24) is 4.98 Å². The second-order valence-corrected chi connectivity index (χ2v) is 6.91. The molecule has 124 valence electrons. The van der Waals surface area contributed by atoms with Crippen LogP contribution in [0.15, 0.2) is 52.9 Å². The Bertz CT molecular complexity index is 971. The molecule has 0 atom stereocenters. The highest BCUT2D eigenvalue weighted by Gasteiger charge is 2.11. The van der Waals surface area contributed by atoms with Gasteiger partial charge in [-0.2, -0.15) is 10.4 Å². The highest BCUT2D eigenvalue weighted by Crippen LogP contribution is 2.26. The molecule has 7 heteroatoms. The number of aryl methyl sites for hydroxylation is 1. The summed E-state index contributed by atoms with van der Waals surface area (Å²) in [6.07, 6.45) is 0. The summed E-state index contributed by atoms with van der Waals surface area (Å²) in [4.78, 5) is 4.50. The van der Waals surface area contributed by atoms with Crippen LogP contribution in [-0.4, -0.2) is 10.7 Å². The number of benzene rings is 2.